The summed E-state index contributed by atoms with van der Waals surface area (Å²) in [4.78, 5) is 0.00350. The molecule has 0 radical (unpaired) electrons. The van der Waals surface area contributed by atoms with E-state index in [-0.39, 0.29) is 10.3 Å². The molecular weight excluding hydrogens is 304 g/mol. The number of nitrogens with two attached hydrogens (primary N) is 1. The van der Waals surface area contributed by atoms with Gasteiger partial charge in [0.2, 0.25) is 16.3 Å². The standard InChI is InChI=1S/C15H20N2O4S/c1-15(2,7-3-4-8-16)10-14-20-12-6-5-11(22(17,18)19)9-13(12)21-14/h5-6,9,14H,3-4,7,10H2,1-2H3,(H2,17,18,19). The van der Waals surface area contributed by atoms with Gasteiger partial charge >= 0.3 is 0 Å². The van der Waals surface area contributed by atoms with Gasteiger partial charge in [-0.3, -0.25) is 0 Å². The number of primary sulfonamides is 1. The Kier molecular flexibility index (Phi) is 4.63. The molecule has 1 aliphatic rings. The molecule has 0 spiro atoms. The van der Waals surface area contributed by atoms with Crippen molar-refractivity contribution in [1.29, 1.82) is 5.26 Å². The highest BCUT2D eigenvalue weighted by atomic mass is 32.2. The zero-order chi connectivity index (χ0) is 16.4. The number of fused-ring (bicyclic) bond motifs is 1. The van der Waals surface area contributed by atoms with Crippen LogP contribution in [0.2, 0.25) is 0 Å². The van der Waals surface area contributed by atoms with Gasteiger partial charge in [0.25, 0.3) is 0 Å². The fourth-order valence-electron chi connectivity index (χ4n) is 2.44. The summed E-state index contributed by atoms with van der Waals surface area (Å²) in [7, 11) is -3.76. The normalized spacial score (nSPS) is 17.3. The van der Waals surface area contributed by atoms with Crippen molar-refractivity contribution in [2.24, 2.45) is 10.6 Å². The molecule has 0 saturated carbocycles. The van der Waals surface area contributed by atoms with Crippen LogP contribution in [0.3, 0.4) is 0 Å². The summed E-state index contributed by atoms with van der Waals surface area (Å²) in [5.41, 5.74) is -0.0354. The highest BCUT2D eigenvalue weighted by Crippen LogP contribution is 2.40. The Morgan fingerprint density at radius 1 is 1.32 bits per heavy atom. The van der Waals surface area contributed by atoms with Crippen LogP contribution in [0.4, 0.5) is 0 Å². The molecule has 6 nitrogen and oxygen atoms in total. The molecule has 1 heterocycles. The maximum atomic E-state index is 11.3. The summed E-state index contributed by atoms with van der Waals surface area (Å²) in [5.74, 6) is 0.912. The molecule has 120 valence electrons. The first-order chi connectivity index (χ1) is 10.2. The lowest BCUT2D eigenvalue weighted by Gasteiger charge is -2.26. The predicted molar refractivity (Wildman–Crippen MR) is 80.7 cm³/mol. The van der Waals surface area contributed by atoms with Crippen LogP contribution in [0, 0.1) is 16.7 Å². The number of sulfonamides is 1. The molecule has 22 heavy (non-hydrogen) atoms. The molecule has 1 aromatic carbocycles. The minimum Gasteiger partial charge on any atom is -0.451 e. The summed E-state index contributed by atoms with van der Waals surface area (Å²) in [5, 5.41) is 13.7. The van der Waals surface area contributed by atoms with E-state index in [1.54, 1.807) is 6.07 Å². The molecule has 1 aliphatic heterocycles. The monoisotopic (exact) mass is 324 g/mol. The molecule has 7 heteroatoms. The lowest BCUT2D eigenvalue weighted by molar-refractivity contribution is 0.00783. The summed E-state index contributed by atoms with van der Waals surface area (Å²) in [6, 6.07) is 6.47. The molecule has 0 bridgehead atoms. The van der Waals surface area contributed by atoms with E-state index in [9.17, 15) is 8.42 Å². The van der Waals surface area contributed by atoms with E-state index in [0.29, 0.717) is 24.3 Å². The Morgan fingerprint density at radius 2 is 2.00 bits per heavy atom. The van der Waals surface area contributed by atoms with Crippen LogP contribution in [-0.2, 0) is 10.0 Å². The van der Waals surface area contributed by atoms with Gasteiger partial charge in [0.1, 0.15) is 0 Å². The third-order valence-corrected chi connectivity index (χ3v) is 4.53. The minimum absolute atomic E-state index is 0.00350. The number of unbranched alkanes of at least 4 members (excludes halogenated alkanes) is 1. The van der Waals surface area contributed by atoms with E-state index >= 15 is 0 Å². The second kappa shape index (κ2) is 6.15. The van der Waals surface area contributed by atoms with Crippen LogP contribution in [-0.4, -0.2) is 14.7 Å². The van der Waals surface area contributed by atoms with E-state index < -0.39 is 16.3 Å². The Labute approximate surface area is 130 Å². The lowest BCUT2D eigenvalue weighted by atomic mass is 9.83. The fraction of sp³-hybridized carbons (Fsp3) is 0.533. The van der Waals surface area contributed by atoms with Crippen molar-refractivity contribution in [1.82, 2.24) is 0 Å². The van der Waals surface area contributed by atoms with Gasteiger partial charge in [0, 0.05) is 18.9 Å². The molecule has 2 rings (SSSR count). The van der Waals surface area contributed by atoms with Crippen molar-refractivity contribution in [3.8, 4) is 17.6 Å². The maximum Gasteiger partial charge on any atom is 0.242 e. The first kappa shape index (κ1) is 16.6. The number of benzene rings is 1. The highest BCUT2D eigenvalue weighted by Gasteiger charge is 2.31. The van der Waals surface area contributed by atoms with E-state index in [2.05, 4.69) is 19.9 Å². The molecule has 0 aromatic heterocycles. The highest BCUT2D eigenvalue weighted by molar-refractivity contribution is 7.89. The van der Waals surface area contributed by atoms with Gasteiger partial charge in [-0.05, 0) is 30.4 Å². The predicted octanol–water partition coefficient (Wildman–Crippen LogP) is 2.54. The Balaban J connectivity index is 2.02. The third kappa shape index (κ3) is 4.12. The maximum absolute atomic E-state index is 11.3. The fourth-order valence-corrected chi connectivity index (χ4v) is 2.97. The molecule has 0 fully saturated rings. The van der Waals surface area contributed by atoms with Gasteiger partial charge in [-0.2, -0.15) is 5.26 Å². The Bertz CT molecular complexity index is 692. The molecule has 2 N–H and O–H groups in total. The molecule has 0 saturated heterocycles. The molecule has 1 aromatic rings. The van der Waals surface area contributed by atoms with Crippen molar-refractivity contribution < 1.29 is 17.9 Å². The summed E-state index contributed by atoms with van der Waals surface area (Å²) in [6.45, 7) is 4.19. The number of hydrogen-bond acceptors (Lipinski definition) is 5. The van der Waals surface area contributed by atoms with Crippen LogP contribution >= 0.6 is 0 Å². The summed E-state index contributed by atoms with van der Waals surface area (Å²) >= 11 is 0. The number of nitrogens with zero attached hydrogens (tertiary/aromatic N) is 1. The number of nitriles is 1. The van der Waals surface area contributed by atoms with Crippen molar-refractivity contribution in [2.75, 3.05) is 0 Å². The quantitative estimate of drug-likeness (QED) is 0.810. The van der Waals surface area contributed by atoms with Crippen LogP contribution in [0.1, 0.15) is 39.5 Å². The topological polar surface area (TPSA) is 102 Å². The lowest BCUT2D eigenvalue weighted by Crippen LogP contribution is -2.26. The average Bonchev–Trinajstić information content (AvgIpc) is 2.77. The van der Waals surface area contributed by atoms with E-state index in [4.69, 9.17) is 19.9 Å². The SMILES string of the molecule is CC(C)(CCCC#N)CC1Oc2ccc(S(N)(=O)=O)cc2O1. The molecule has 0 amide bonds. The molecular formula is C15H20N2O4S. The first-order valence-corrected chi connectivity index (χ1v) is 8.63. The largest absolute Gasteiger partial charge is 0.451 e. The molecule has 0 aliphatic carbocycles. The zero-order valence-corrected chi connectivity index (χ0v) is 13.5. The van der Waals surface area contributed by atoms with E-state index in [0.717, 1.165) is 12.8 Å². The van der Waals surface area contributed by atoms with Crippen LogP contribution in [0.25, 0.3) is 0 Å². The Morgan fingerprint density at radius 3 is 2.64 bits per heavy atom. The average molecular weight is 324 g/mol. The summed E-state index contributed by atoms with van der Waals surface area (Å²) < 4.78 is 34.1. The van der Waals surface area contributed by atoms with E-state index in [1.807, 2.05) is 0 Å². The van der Waals surface area contributed by atoms with Crippen molar-refractivity contribution in [2.45, 2.75) is 50.7 Å². The smallest absolute Gasteiger partial charge is 0.242 e. The van der Waals surface area contributed by atoms with Crippen LogP contribution in [0.15, 0.2) is 23.1 Å². The van der Waals surface area contributed by atoms with E-state index in [1.165, 1.54) is 12.1 Å². The Hall–Kier alpha value is -1.78. The third-order valence-electron chi connectivity index (χ3n) is 3.62. The van der Waals surface area contributed by atoms with Gasteiger partial charge in [0.15, 0.2) is 11.5 Å². The van der Waals surface area contributed by atoms with Gasteiger partial charge in [-0.1, -0.05) is 13.8 Å². The number of hydrogen-bond donors (Lipinski definition) is 1. The first-order valence-electron chi connectivity index (χ1n) is 7.08. The van der Waals surface area contributed by atoms with Gasteiger partial charge in [-0.25, -0.2) is 13.6 Å². The van der Waals surface area contributed by atoms with Crippen LogP contribution < -0.4 is 14.6 Å². The van der Waals surface area contributed by atoms with Gasteiger partial charge < -0.3 is 9.47 Å². The number of rotatable bonds is 6. The van der Waals surface area contributed by atoms with Crippen molar-refractivity contribution in [3.05, 3.63) is 18.2 Å². The second-order valence-electron chi connectivity index (χ2n) is 6.20. The van der Waals surface area contributed by atoms with Crippen molar-refractivity contribution >= 4 is 10.0 Å². The van der Waals surface area contributed by atoms with Crippen LogP contribution in [0.5, 0.6) is 11.5 Å². The second-order valence-corrected chi connectivity index (χ2v) is 7.76. The van der Waals surface area contributed by atoms with Gasteiger partial charge in [-0.15, -0.1) is 0 Å². The molecule has 1 atom stereocenters. The zero-order valence-electron chi connectivity index (χ0n) is 12.7. The minimum atomic E-state index is -3.76. The van der Waals surface area contributed by atoms with Crippen molar-refractivity contribution in [3.63, 3.8) is 0 Å². The number of ether oxygens (including phenoxy) is 2. The summed E-state index contributed by atoms with van der Waals surface area (Å²) in [6.07, 6.45) is 2.45. The molecule has 1 unspecified atom stereocenters. The van der Waals surface area contributed by atoms with Gasteiger partial charge in [0.05, 0.1) is 11.0 Å².